The second-order valence-electron chi connectivity index (χ2n) is 6.03. The van der Waals surface area contributed by atoms with Gasteiger partial charge in [0.1, 0.15) is 12.1 Å². The average molecular weight is 359 g/mol. The van der Waals surface area contributed by atoms with E-state index in [1.54, 1.807) is 23.3 Å². The molecular weight excluding hydrogens is 342 g/mol. The van der Waals surface area contributed by atoms with Crippen LogP contribution in [0, 0.1) is 0 Å². The molecule has 27 heavy (non-hydrogen) atoms. The Bertz CT molecular complexity index is 998. The van der Waals surface area contributed by atoms with E-state index in [1.807, 2.05) is 54.6 Å². The molecule has 0 saturated heterocycles. The van der Waals surface area contributed by atoms with Gasteiger partial charge in [0.25, 0.3) is 5.91 Å². The molecule has 0 bridgehead atoms. The number of tetrazole rings is 1. The zero-order chi connectivity index (χ0) is 18.5. The molecule has 7 nitrogen and oxygen atoms in total. The van der Waals surface area contributed by atoms with Crippen LogP contribution >= 0.6 is 0 Å². The molecule has 2 aromatic heterocycles. The average Bonchev–Trinajstić information content (AvgIpc) is 3.42. The van der Waals surface area contributed by atoms with Crippen LogP contribution in [0.4, 0.5) is 0 Å². The number of hydrogen-bond acceptors (Lipinski definition) is 5. The van der Waals surface area contributed by atoms with Crippen molar-refractivity contribution in [2.75, 3.05) is 0 Å². The largest absolute Gasteiger partial charge is 0.467 e. The van der Waals surface area contributed by atoms with Crippen molar-refractivity contribution in [3.63, 3.8) is 0 Å². The number of aromatic nitrogens is 4. The summed E-state index contributed by atoms with van der Waals surface area (Å²) in [6.45, 7) is 0.866. The second kappa shape index (κ2) is 7.65. The van der Waals surface area contributed by atoms with Gasteiger partial charge >= 0.3 is 0 Å². The molecule has 0 aliphatic rings. The van der Waals surface area contributed by atoms with Gasteiger partial charge in [-0.1, -0.05) is 36.4 Å². The zero-order valence-corrected chi connectivity index (χ0v) is 14.5. The summed E-state index contributed by atoms with van der Waals surface area (Å²) < 4.78 is 6.96. The molecule has 0 N–H and O–H groups in total. The number of rotatable bonds is 6. The number of amides is 1. The Morgan fingerprint density at radius 1 is 1.00 bits per heavy atom. The van der Waals surface area contributed by atoms with Crippen LogP contribution < -0.4 is 0 Å². The molecule has 2 heterocycles. The monoisotopic (exact) mass is 359 g/mol. The van der Waals surface area contributed by atoms with Crippen molar-refractivity contribution in [1.29, 1.82) is 0 Å². The van der Waals surface area contributed by atoms with E-state index in [9.17, 15) is 4.79 Å². The van der Waals surface area contributed by atoms with Gasteiger partial charge in [-0.15, -0.1) is 5.10 Å². The van der Waals surface area contributed by atoms with Crippen LogP contribution in [-0.2, 0) is 13.1 Å². The van der Waals surface area contributed by atoms with Crippen LogP contribution in [0.1, 0.15) is 21.7 Å². The highest BCUT2D eigenvalue weighted by Crippen LogP contribution is 2.16. The Hall–Kier alpha value is -3.74. The van der Waals surface area contributed by atoms with Crippen LogP contribution in [0.15, 0.2) is 83.7 Å². The third-order valence-electron chi connectivity index (χ3n) is 4.14. The third-order valence-corrected chi connectivity index (χ3v) is 4.14. The topological polar surface area (TPSA) is 77.1 Å². The first-order valence-electron chi connectivity index (χ1n) is 8.48. The Labute approximate surface area is 155 Å². The molecule has 0 saturated carbocycles. The molecule has 0 fully saturated rings. The Morgan fingerprint density at radius 2 is 1.89 bits per heavy atom. The first kappa shape index (κ1) is 16.7. The van der Waals surface area contributed by atoms with Gasteiger partial charge in [-0.25, -0.2) is 4.68 Å². The predicted octanol–water partition coefficient (Wildman–Crippen LogP) is 3.10. The highest BCUT2D eigenvalue weighted by Gasteiger charge is 2.18. The number of carbonyl (C=O) groups excluding carboxylic acids is 1. The van der Waals surface area contributed by atoms with Gasteiger partial charge in [0, 0.05) is 12.1 Å². The lowest BCUT2D eigenvalue weighted by Gasteiger charge is -2.22. The maximum absolute atomic E-state index is 13.2. The maximum Gasteiger partial charge on any atom is 0.254 e. The first-order chi connectivity index (χ1) is 13.3. The summed E-state index contributed by atoms with van der Waals surface area (Å²) in [7, 11) is 0. The van der Waals surface area contributed by atoms with Crippen molar-refractivity contribution in [2.24, 2.45) is 0 Å². The van der Waals surface area contributed by atoms with Gasteiger partial charge in [0.05, 0.1) is 18.5 Å². The number of furan rings is 1. The summed E-state index contributed by atoms with van der Waals surface area (Å²) in [6, 6.07) is 20.8. The van der Waals surface area contributed by atoms with Crippen LogP contribution in [0.25, 0.3) is 5.69 Å². The Balaban J connectivity index is 1.62. The summed E-state index contributed by atoms with van der Waals surface area (Å²) in [5.41, 5.74) is 2.34. The SMILES string of the molecule is O=C(c1cccc(-n2cnnn2)c1)N(Cc1ccccc1)Cc1ccco1. The van der Waals surface area contributed by atoms with Crippen LogP contribution in [0.2, 0.25) is 0 Å². The number of hydrogen-bond donors (Lipinski definition) is 0. The normalized spacial score (nSPS) is 10.7. The van der Waals surface area contributed by atoms with Gasteiger partial charge in [-0.2, -0.15) is 0 Å². The lowest BCUT2D eigenvalue weighted by Crippen LogP contribution is -2.30. The summed E-state index contributed by atoms with van der Waals surface area (Å²) in [4.78, 5) is 15.0. The van der Waals surface area contributed by atoms with Crippen molar-refractivity contribution in [3.05, 3.63) is 96.2 Å². The molecule has 0 atom stereocenters. The van der Waals surface area contributed by atoms with Crippen molar-refractivity contribution in [3.8, 4) is 5.69 Å². The predicted molar refractivity (Wildman–Crippen MR) is 97.9 cm³/mol. The van der Waals surface area contributed by atoms with Gasteiger partial charge in [-0.05, 0) is 46.3 Å². The molecule has 4 rings (SSSR count). The minimum Gasteiger partial charge on any atom is -0.467 e. The van der Waals surface area contributed by atoms with Crippen molar-refractivity contribution < 1.29 is 9.21 Å². The molecule has 2 aromatic carbocycles. The summed E-state index contributed by atoms with van der Waals surface area (Å²) in [6.07, 6.45) is 3.10. The molecule has 4 aromatic rings. The van der Waals surface area contributed by atoms with Gasteiger partial charge < -0.3 is 9.32 Å². The molecule has 0 unspecified atom stereocenters. The Kier molecular flexibility index (Phi) is 4.74. The summed E-state index contributed by atoms with van der Waals surface area (Å²) >= 11 is 0. The quantitative estimate of drug-likeness (QED) is 0.529. The zero-order valence-electron chi connectivity index (χ0n) is 14.5. The van der Waals surface area contributed by atoms with E-state index in [2.05, 4.69) is 15.5 Å². The lowest BCUT2D eigenvalue weighted by molar-refractivity contribution is 0.0717. The van der Waals surface area contributed by atoms with Crippen LogP contribution in [0.5, 0.6) is 0 Å². The number of carbonyl (C=O) groups is 1. The fourth-order valence-corrected chi connectivity index (χ4v) is 2.84. The van der Waals surface area contributed by atoms with Gasteiger partial charge in [0.15, 0.2) is 0 Å². The third kappa shape index (κ3) is 3.92. The van der Waals surface area contributed by atoms with Crippen LogP contribution in [-0.4, -0.2) is 31.0 Å². The minimum atomic E-state index is -0.0924. The van der Waals surface area contributed by atoms with Crippen molar-refractivity contribution >= 4 is 5.91 Å². The standard InChI is InChI=1S/C20H17N5O2/c26-20(17-8-4-9-18(12-17)25-15-21-22-23-25)24(14-19-10-5-11-27-19)13-16-6-2-1-3-7-16/h1-12,15H,13-14H2. The van der Waals surface area contributed by atoms with E-state index >= 15 is 0 Å². The molecule has 0 spiro atoms. The smallest absolute Gasteiger partial charge is 0.254 e. The summed E-state index contributed by atoms with van der Waals surface area (Å²) in [5, 5.41) is 11.2. The van der Waals surface area contributed by atoms with Gasteiger partial charge in [0.2, 0.25) is 0 Å². The molecule has 0 radical (unpaired) electrons. The fraction of sp³-hybridized carbons (Fsp3) is 0.100. The van der Waals surface area contributed by atoms with E-state index in [4.69, 9.17) is 4.42 Å². The Morgan fingerprint density at radius 3 is 2.63 bits per heavy atom. The van der Waals surface area contributed by atoms with Crippen molar-refractivity contribution in [2.45, 2.75) is 13.1 Å². The molecule has 134 valence electrons. The fourth-order valence-electron chi connectivity index (χ4n) is 2.84. The highest BCUT2D eigenvalue weighted by molar-refractivity contribution is 5.94. The van der Waals surface area contributed by atoms with E-state index < -0.39 is 0 Å². The number of nitrogens with zero attached hydrogens (tertiary/aromatic N) is 5. The van der Waals surface area contributed by atoms with E-state index in [1.165, 1.54) is 11.0 Å². The molecule has 1 amide bonds. The highest BCUT2D eigenvalue weighted by atomic mass is 16.3. The lowest BCUT2D eigenvalue weighted by atomic mass is 10.1. The number of benzene rings is 2. The molecule has 0 aliphatic carbocycles. The minimum absolute atomic E-state index is 0.0924. The van der Waals surface area contributed by atoms with Crippen molar-refractivity contribution in [1.82, 2.24) is 25.1 Å². The molecule has 7 heteroatoms. The molecular formula is C20H17N5O2. The van der Waals surface area contributed by atoms with Crippen LogP contribution in [0.3, 0.4) is 0 Å². The molecule has 0 aliphatic heterocycles. The summed E-state index contributed by atoms with van der Waals surface area (Å²) in [5.74, 6) is 0.640. The second-order valence-corrected chi connectivity index (χ2v) is 6.03. The van der Waals surface area contributed by atoms with E-state index in [-0.39, 0.29) is 5.91 Å². The van der Waals surface area contributed by atoms with E-state index in [0.717, 1.165) is 17.0 Å². The maximum atomic E-state index is 13.2. The first-order valence-corrected chi connectivity index (χ1v) is 8.48. The van der Waals surface area contributed by atoms with Gasteiger partial charge in [-0.3, -0.25) is 4.79 Å². The van der Waals surface area contributed by atoms with E-state index in [0.29, 0.717) is 18.7 Å².